The lowest BCUT2D eigenvalue weighted by molar-refractivity contribution is 0.185. The molecule has 0 aliphatic carbocycles. The predicted octanol–water partition coefficient (Wildman–Crippen LogP) is 2.70. The fourth-order valence-electron chi connectivity index (χ4n) is 1.03. The quantitative estimate of drug-likeness (QED) is 0.849. The van der Waals surface area contributed by atoms with Gasteiger partial charge in [-0.2, -0.15) is 0 Å². The van der Waals surface area contributed by atoms with Gasteiger partial charge in [0.1, 0.15) is 0 Å². The minimum atomic E-state index is -0.333. The Balaban J connectivity index is 2.75. The van der Waals surface area contributed by atoms with E-state index in [1.165, 1.54) is 0 Å². The molecule has 0 fully saturated rings. The van der Waals surface area contributed by atoms with Crippen molar-refractivity contribution in [3.63, 3.8) is 0 Å². The molecule has 0 amide bonds. The highest BCUT2D eigenvalue weighted by Gasteiger charge is 2.06. The van der Waals surface area contributed by atoms with Crippen LogP contribution in [0.2, 0.25) is 10.0 Å². The normalized spacial score (nSPS) is 12.9. The van der Waals surface area contributed by atoms with Crippen LogP contribution in [0, 0.1) is 0 Å². The second-order valence-corrected chi connectivity index (χ2v) is 3.78. The third kappa shape index (κ3) is 3.14. The lowest BCUT2D eigenvalue weighted by atomic mass is 10.1. The first kappa shape index (κ1) is 10.8. The second-order valence-electron chi connectivity index (χ2n) is 2.97. The summed E-state index contributed by atoms with van der Waals surface area (Å²) < 4.78 is 0. The monoisotopic (exact) mass is 219 g/mol. The molecule has 72 valence electrons. The van der Waals surface area contributed by atoms with Gasteiger partial charge in [0.05, 0.1) is 16.1 Å². The molecular weight excluding hydrogens is 209 g/mol. The highest BCUT2D eigenvalue weighted by Crippen LogP contribution is 2.24. The molecule has 0 unspecified atom stereocenters. The van der Waals surface area contributed by atoms with Crippen LogP contribution in [0.3, 0.4) is 0 Å². The molecule has 1 aromatic rings. The van der Waals surface area contributed by atoms with E-state index in [0.717, 1.165) is 5.56 Å². The van der Waals surface area contributed by atoms with Crippen molar-refractivity contribution in [3.8, 4) is 0 Å². The van der Waals surface area contributed by atoms with Gasteiger partial charge in [0, 0.05) is 12.4 Å². The van der Waals surface area contributed by atoms with Crippen LogP contribution < -0.4 is 0 Å². The maximum absolute atomic E-state index is 9.09. The van der Waals surface area contributed by atoms with Gasteiger partial charge in [-0.15, -0.1) is 0 Å². The van der Waals surface area contributed by atoms with Crippen molar-refractivity contribution >= 4 is 23.2 Å². The number of hydrogen-bond donors (Lipinski definition) is 1. The molecule has 0 saturated heterocycles. The number of pyridine rings is 1. The van der Waals surface area contributed by atoms with Crippen LogP contribution in [-0.2, 0) is 6.42 Å². The molecule has 1 heterocycles. The topological polar surface area (TPSA) is 33.1 Å². The zero-order valence-corrected chi connectivity index (χ0v) is 8.81. The van der Waals surface area contributed by atoms with Gasteiger partial charge in [-0.25, -0.2) is 0 Å². The van der Waals surface area contributed by atoms with Crippen LogP contribution in [0.15, 0.2) is 12.4 Å². The molecule has 0 saturated carbocycles. The molecule has 1 rings (SSSR count). The maximum Gasteiger partial charge on any atom is 0.0636 e. The van der Waals surface area contributed by atoms with E-state index in [0.29, 0.717) is 22.9 Å². The first-order chi connectivity index (χ1) is 6.11. The highest BCUT2D eigenvalue weighted by atomic mass is 35.5. The van der Waals surface area contributed by atoms with Gasteiger partial charge < -0.3 is 5.11 Å². The summed E-state index contributed by atoms with van der Waals surface area (Å²) in [6.07, 6.45) is 4.12. The largest absolute Gasteiger partial charge is 0.393 e. The lowest BCUT2D eigenvalue weighted by Gasteiger charge is -2.07. The molecular formula is C9H11Cl2NO. The standard InChI is InChI=1S/C9H11Cl2NO/c1-6(13)2-3-7-8(10)4-12-5-9(7)11/h4-6,13H,2-3H2,1H3/t6-/m0/s1. The van der Waals surface area contributed by atoms with Gasteiger partial charge in [-0.1, -0.05) is 23.2 Å². The van der Waals surface area contributed by atoms with Crippen LogP contribution in [-0.4, -0.2) is 16.2 Å². The first-order valence-corrected chi connectivity index (χ1v) is 4.82. The van der Waals surface area contributed by atoms with E-state index in [1.54, 1.807) is 19.3 Å². The van der Waals surface area contributed by atoms with Gasteiger partial charge in [-0.3, -0.25) is 4.98 Å². The van der Waals surface area contributed by atoms with Gasteiger partial charge in [0.2, 0.25) is 0 Å². The van der Waals surface area contributed by atoms with E-state index in [9.17, 15) is 0 Å². The van der Waals surface area contributed by atoms with E-state index in [-0.39, 0.29) is 6.10 Å². The Morgan fingerprint density at radius 1 is 1.38 bits per heavy atom. The Bertz CT molecular complexity index is 269. The maximum atomic E-state index is 9.09. The Morgan fingerprint density at radius 2 is 1.92 bits per heavy atom. The van der Waals surface area contributed by atoms with Crippen molar-refractivity contribution < 1.29 is 5.11 Å². The number of aromatic nitrogens is 1. The molecule has 0 radical (unpaired) electrons. The van der Waals surface area contributed by atoms with Crippen LogP contribution in [0.25, 0.3) is 0 Å². The fourth-order valence-corrected chi connectivity index (χ4v) is 1.58. The predicted molar refractivity (Wildman–Crippen MR) is 54.3 cm³/mol. The molecule has 1 N–H and O–H groups in total. The summed E-state index contributed by atoms with van der Waals surface area (Å²) in [4.78, 5) is 3.85. The SMILES string of the molecule is C[C@H](O)CCc1c(Cl)cncc1Cl. The van der Waals surface area contributed by atoms with Crippen molar-refractivity contribution in [2.45, 2.75) is 25.9 Å². The van der Waals surface area contributed by atoms with Crippen molar-refractivity contribution in [1.82, 2.24) is 4.98 Å². The molecule has 13 heavy (non-hydrogen) atoms. The van der Waals surface area contributed by atoms with Gasteiger partial charge in [0.25, 0.3) is 0 Å². The molecule has 0 aliphatic rings. The third-order valence-corrected chi connectivity index (χ3v) is 2.42. The summed E-state index contributed by atoms with van der Waals surface area (Å²) in [6, 6.07) is 0. The number of halogens is 2. The summed E-state index contributed by atoms with van der Waals surface area (Å²) >= 11 is 11.8. The highest BCUT2D eigenvalue weighted by molar-refractivity contribution is 6.35. The van der Waals surface area contributed by atoms with E-state index in [4.69, 9.17) is 28.3 Å². The molecule has 0 aliphatic heterocycles. The molecule has 0 spiro atoms. The Morgan fingerprint density at radius 3 is 2.38 bits per heavy atom. The summed E-state index contributed by atoms with van der Waals surface area (Å²) in [7, 11) is 0. The Hall–Kier alpha value is -0.310. The first-order valence-electron chi connectivity index (χ1n) is 4.07. The zero-order chi connectivity index (χ0) is 9.84. The third-order valence-electron chi connectivity index (χ3n) is 1.76. The summed E-state index contributed by atoms with van der Waals surface area (Å²) in [6.45, 7) is 1.74. The van der Waals surface area contributed by atoms with Crippen molar-refractivity contribution in [3.05, 3.63) is 28.0 Å². The van der Waals surface area contributed by atoms with Crippen molar-refractivity contribution in [1.29, 1.82) is 0 Å². The Labute approximate surface area is 87.5 Å². The fraction of sp³-hybridized carbons (Fsp3) is 0.444. The smallest absolute Gasteiger partial charge is 0.0636 e. The number of nitrogens with zero attached hydrogens (tertiary/aromatic N) is 1. The van der Waals surface area contributed by atoms with Crippen LogP contribution >= 0.6 is 23.2 Å². The summed E-state index contributed by atoms with van der Waals surface area (Å²) in [5, 5.41) is 10.2. The van der Waals surface area contributed by atoms with Crippen LogP contribution in [0.1, 0.15) is 18.9 Å². The lowest BCUT2D eigenvalue weighted by Crippen LogP contribution is -2.02. The van der Waals surface area contributed by atoms with Crippen LogP contribution in [0.5, 0.6) is 0 Å². The number of hydrogen-bond acceptors (Lipinski definition) is 2. The number of aliphatic hydroxyl groups is 1. The molecule has 1 atom stereocenters. The molecule has 0 aromatic carbocycles. The summed E-state index contributed by atoms with van der Waals surface area (Å²) in [5.74, 6) is 0. The van der Waals surface area contributed by atoms with Crippen molar-refractivity contribution in [2.75, 3.05) is 0 Å². The van der Waals surface area contributed by atoms with Gasteiger partial charge in [0.15, 0.2) is 0 Å². The zero-order valence-electron chi connectivity index (χ0n) is 7.30. The number of rotatable bonds is 3. The van der Waals surface area contributed by atoms with E-state index >= 15 is 0 Å². The van der Waals surface area contributed by atoms with Gasteiger partial charge >= 0.3 is 0 Å². The molecule has 0 bridgehead atoms. The molecule has 1 aromatic heterocycles. The summed E-state index contributed by atoms with van der Waals surface area (Å²) in [5.41, 5.74) is 0.860. The average molecular weight is 220 g/mol. The molecule has 2 nitrogen and oxygen atoms in total. The number of aliphatic hydroxyl groups excluding tert-OH is 1. The molecule has 4 heteroatoms. The van der Waals surface area contributed by atoms with Crippen LogP contribution in [0.4, 0.5) is 0 Å². The van der Waals surface area contributed by atoms with E-state index < -0.39 is 0 Å². The van der Waals surface area contributed by atoms with E-state index in [2.05, 4.69) is 4.98 Å². The average Bonchev–Trinajstić information content (AvgIpc) is 2.03. The van der Waals surface area contributed by atoms with Gasteiger partial charge in [-0.05, 0) is 25.3 Å². The van der Waals surface area contributed by atoms with E-state index in [1.807, 2.05) is 0 Å². The minimum absolute atomic E-state index is 0.333. The second kappa shape index (κ2) is 4.80. The van der Waals surface area contributed by atoms with Crippen molar-refractivity contribution in [2.24, 2.45) is 0 Å². The Kier molecular flexibility index (Phi) is 3.97. The minimum Gasteiger partial charge on any atom is -0.393 e.